The summed E-state index contributed by atoms with van der Waals surface area (Å²) in [4.78, 5) is 17.8. The highest BCUT2D eigenvalue weighted by Crippen LogP contribution is 2.21. The molecule has 3 rings (SSSR count). The van der Waals surface area contributed by atoms with E-state index < -0.39 is 5.82 Å². The number of phenols is 1. The summed E-state index contributed by atoms with van der Waals surface area (Å²) < 4.78 is 13.4. The predicted octanol–water partition coefficient (Wildman–Crippen LogP) is 2.52. The lowest BCUT2D eigenvalue weighted by molar-refractivity contribution is -0.117. The first-order chi connectivity index (χ1) is 13.1. The Labute approximate surface area is 157 Å². The molecule has 1 aliphatic rings. The number of carbonyl (C=O) groups is 1. The van der Waals surface area contributed by atoms with E-state index in [1.807, 2.05) is 29.2 Å². The zero-order valence-corrected chi connectivity index (χ0v) is 15.2. The van der Waals surface area contributed by atoms with E-state index in [4.69, 9.17) is 0 Å². The minimum absolute atomic E-state index is 0.177. The zero-order valence-electron chi connectivity index (χ0n) is 15.2. The molecule has 1 fully saturated rings. The van der Waals surface area contributed by atoms with Crippen LogP contribution in [0, 0.1) is 5.82 Å². The van der Waals surface area contributed by atoms with Gasteiger partial charge < -0.3 is 20.6 Å². The number of aliphatic imine (C=N–C) groups is 1. The number of hydrogen-bond acceptors (Lipinski definition) is 3. The lowest BCUT2D eigenvalue weighted by atomic mass is 10.2. The summed E-state index contributed by atoms with van der Waals surface area (Å²) in [5, 5.41) is 15.5. The van der Waals surface area contributed by atoms with Gasteiger partial charge in [0, 0.05) is 38.8 Å². The average Bonchev–Trinajstić information content (AvgIpc) is 3.11. The quantitative estimate of drug-likeness (QED) is 0.558. The number of phenolic OH excluding ortho intramolecular Hbond substituents is 1. The number of aromatic hydroxyl groups is 1. The number of guanidine groups is 1. The Morgan fingerprint density at radius 1 is 1.15 bits per heavy atom. The maximum Gasteiger partial charge on any atom is 0.227 e. The average molecular weight is 370 g/mol. The van der Waals surface area contributed by atoms with Crippen LogP contribution in [0.3, 0.4) is 0 Å². The molecule has 1 aliphatic heterocycles. The molecule has 1 heterocycles. The number of hydrogen-bond donors (Lipinski definition) is 3. The minimum atomic E-state index is -0.645. The monoisotopic (exact) mass is 370 g/mol. The van der Waals surface area contributed by atoms with Gasteiger partial charge in [0.2, 0.25) is 5.91 Å². The largest absolute Gasteiger partial charge is 0.505 e. The van der Waals surface area contributed by atoms with Crippen LogP contribution in [0.15, 0.2) is 47.5 Å². The molecule has 142 valence electrons. The molecule has 1 saturated heterocycles. The van der Waals surface area contributed by atoms with Crippen LogP contribution in [-0.2, 0) is 17.9 Å². The lowest BCUT2D eigenvalue weighted by Crippen LogP contribution is -2.36. The Morgan fingerprint density at radius 3 is 2.41 bits per heavy atom. The molecule has 2 aromatic rings. The normalized spacial score (nSPS) is 14.5. The van der Waals surface area contributed by atoms with Crippen LogP contribution in [0.1, 0.15) is 24.0 Å². The summed E-state index contributed by atoms with van der Waals surface area (Å²) in [6, 6.07) is 12.1. The number of carbonyl (C=O) groups excluding carboxylic acids is 1. The van der Waals surface area contributed by atoms with Crippen molar-refractivity contribution in [1.82, 2.24) is 10.6 Å². The standard InChI is InChI=1S/C20H23FN4O2/c1-22-20(24-13-15-6-9-18(26)17(21)11-15)23-12-14-4-7-16(8-5-14)25-10-2-3-19(25)27/h4-9,11,26H,2-3,10,12-13H2,1H3,(H2,22,23,24). The van der Waals surface area contributed by atoms with Crippen LogP contribution in [0.4, 0.5) is 10.1 Å². The molecule has 6 nitrogen and oxygen atoms in total. The van der Waals surface area contributed by atoms with Crippen LogP contribution in [0.25, 0.3) is 0 Å². The predicted molar refractivity (Wildman–Crippen MR) is 103 cm³/mol. The van der Waals surface area contributed by atoms with E-state index in [2.05, 4.69) is 15.6 Å². The number of anilines is 1. The number of amides is 1. The highest BCUT2D eigenvalue weighted by Gasteiger charge is 2.21. The van der Waals surface area contributed by atoms with Crippen molar-refractivity contribution in [2.24, 2.45) is 4.99 Å². The van der Waals surface area contributed by atoms with Crippen molar-refractivity contribution in [3.8, 4) is 5.75 Å². The maximum absolute atomic E-state index is 13.4. The fourth-order valence-corrected chi connectivity index (χ4v) is 2.97. The van der Waals surface area contributed by atoms with Gasteiger partial charge in [-0.15, -0.1) is 0 Å². The zero-order chi connectivity index (χ0) is 19.2. The summed E-state index contributed by atoms with van der Waals surface area (Å²) in [7, 11) is 1.66. The molecule has 0 aromatic heterocycles. The van der Waals surface area contributed by atoms with Gasteiger partial charge in [-0.05, 0) is 41.8 Å². The SMILES string of the molecule is CN=C(NCc1ccc(N2CCCC2=O)cc1)NCc1ccc(O)c(F)c1. The fourth-order valence-electron chi connectivity index (χ4n) is 2.97. The van der Waals surface area contributed by atoms with Gasteiger partial charge in [-0.3, -0.25) is 9.79 Å². The molecule has 0 spiro atoms. The second-order valence-corrected chi connectivity index (χ2v) is 6.38. The molecule has 2 aromatic carbocycles. The van der Waals surface area contributed by atoms with Gasteiger partial charge >= 0.3 is 0 Å². The van der Waals surface area contributed by atoms with Gasteiger partial charge in [-0.2, -0.15) is 0 Å². The Hall–Kier alpha value is -3.09. The van der Waals surface area contributed by atoms with Crippen LogP contribution < -0.4 is 15.5 Å². The van der Waals surface area contributed by atoms with E-state index in [0.29, 0.717) is 31.0 Å². The number of nitrogens with zero attached hydrogens (tertiary/aromatic N) is 2. The highest BCUT2D eigenvalue weighted by atomic mass is 19.1. The molecular formula is C20H23FN4O2. The van der Waals surface area contributed by atoms with Crippen LogP contribution >= 0.6 is 0 Å². The Bertz CT molecular complexity index is 836. The van der Waals surface area contributed by atoms with Crippen molar-refractivity contribution in [1.29, 1.82) is 0 Å². The molecule has 0 unspecified atom stereocenters. The van der Waals surface area contributed by atoms with Gasteiger partial charge in [-0.25, -0.2) is 4.39 Å². The summed E-state index contributed by atoms with van der Waals surface area (Å²) in [5.41, 5.74) is 2.69. The molecule has 0 atom stereocenters. The third-order valence-electron chi connectivity index (χ3n) is 4.48. The second-order valence-electron chi connectivity index (χ2n) is 6.38. The van der Waals surface area contributed by atoms with E-state index in [1.165, 1.54) is 12.1 Å². The van der Waals surface area contributed by atoms with Crippen molar-refractivity contribution >= 4 is 17.6 Å². The Morgan fingerprint density at radius 2 is 1.81 bits per heavy atom. The molecule has 0 radical (unpaired) electrons. The topological polar surface area (TPSA) is 77.0 Å². The number of rotatable bonds is 5. The van der Waals surface area contributed by atoms with Crippen molar-refractivity contribution in [3.05, 3.63) is 59.4 Å². The highest BCUT2D eigenvalue weighted by molar-refractivity contribution is 5.95. The van der Waals surface area contributed by atoms with Gasteiger partial charge in [0.1, 0.15) is 0 Å². The molecule has 7 heteroatoms. The first kappa shape index (κ1) is 18.7. The summed E-state index contributed by atoms with van der Waals surface area (Å²) in [6.45, 7) is 1.73. The van der Waals surface area contributed by atoms with Gasteiger partial charge in [0.15, 0.2) is 17.5 Å². The Kier molecular flexibility index (Phi) is 5.90. The fraction of sp³-hybridized carbons (Fsp3) is 0.300. The summed E-state index contributed by atoms with van der Waals surface area (Å²) in [5.74, 6) is -0.243. The van der Waals surface area contributed by atoms with E-state index >= 15 is 0 Å². The molecule has 27 heavy (non-hydrogen) atoms. The van der Waals surface area contributed by atoms with Gasteiger partial charge in [0.05, 0.1) is 0 Å². The van der Waals surface area contributed by atoms with Crippen LogP contribution in [0.5, 0.6) is 5.75 Å². The third-order valence-corrected chi connectivity index (χ3v) is 4.48. The summed E-state index contributed by atoms with van der Waals surface area (Å²) >= 11 is 0. The Balaban J connectivity index is 1.51. The van der Waals surface area contributed by atoms with Crippen LogP contribution in [0.2, 0.25) is 0 Å². The molecular weight excluding hydrogens is 347 g/mol. The number of nitrogens with one attached hydrogen (secondary N) is 2. The van der Waals surface area contributed by atoms with E-state index in [9.17, 15) is 14.3 Å². The van der Waals surface area contributed by atoms with Crippen molar-refractivity contribution in [2.45, 2.75) is 25.9 Å². The number of benzene rings is 2. The maximum atomic E-state index is 13.4. The molecule has 0 aliphatic carbocycles. The van der Waals surface area contributed by atoms with Crippen molar-refractivity contribution in [3.63, 3.8) is 0 Å². The number of halogens is 1. The molecule has 3 N–H and O–H groups in total. The summed E-state index contributed by atoms with van der Waals surface area (Å²) in [6.07, 6.45) is 1.53. The third kappa shape index (κ3) is 4.75. The van der Waals surface area contributed by atoms with Gasteiger partial charge in [-0.1, -0.05) is 18.2 Å². The van der Waals surface area contributed by atoms with E-state index in [-0.39, 0.29) is 11.7 Å². The van der Waals surface area contributed by atoms with Crippen molar-refractivity contribution < 1.29 is 14.3 Å². The minimum Gasteiger partial charge on any atom is -0.505 e. The smallest absolute Gasteiger partial charge is 0.227 e. The van der Waals surface area contributed by atoms with E-state index in [1.54, 1.807) is 13.1 Å². The molecule has 1 amide bonds. The second kappa shape index (κ2) is 8.53. The first-order valence-corrected chi connectivity index (χ1v) is 8.88. The van der Waals surface area contributed by atoms with Crippen LogP contribution in [-0.4, -0.2) is 30.6 Å². The van der Waals surface area contributed by atoms with Crippen molar-refractivity contribution in [2.75, 3.05) is 18.5 Å². The first-order valence-electron chi connectivity index (χ1n) is 8.88. The lowest BCUT2D eigenvalue weighted by Gasteiger charge is -2.16. The van der Waals surface area contributed by atoms with Gasteiger partial charge in [0.25, 0.3) is 0 Å². The van der Waals surface area contributed by atoms with E-state index in [0.717, 1.165) is 24.2 Å². The molecule has 0 bridgehead atoms. The molecule has 0 saturated carbocycles.